The fourth-order valence-corrected chi connectivity index (χ4v) is 3.02. The number of fused-ring (bicyclic) bond motifs is 1. The van der Waals surface area contributed by atoms with Gasteiger partial charge in [-0.05, 0) is 31.5 Å². The Morgan fingerprint density at radius 1 is 1.09 bits per heavy atom. The minimum atomic E-state index is 0.434. The predicted molar refractivity (Wildman–Crippen MR) is 85.8 cm³/mol. The number of H-pyrrole nitrogens is 1. The lowest BCUT2D eigenvalue weighted by atomic mass is 9.99. The summed E-state index contributed by atoms with van der Waals surface area (Å²) in [6, 6.07) is 12.3. The Hall–Kier alpha value is -2.27. The highest BCUT2D eigenvalue weighted by molar-refractivity contribution is 5.78. The summed E-state index contributed by atoms with van der Waals surface area (Å²) in [5.74, 6) is 2.26. The molecule has 0 radical (unpaired) electrons. The number of pyridine rings is 1. The zero-order valence-corrected chi connectivity index (χ0v) is 12.4. The van der Waals surface area contributed by atoms with E-state index >= 15 is 0 Å². The maximum absolute atomic E-state index is 4.69. The molecule has 0 spiro atoms. The number of piperidine rings is 1. The molecule has 1 aliphatic heterocycles. The molecule has 5 heteroatoms. The van der Waals surface area contributed by atoms with E-state index in [1.54, 1.807) is 0 Å². The van der Waals surface area contributed by atoms with Crippen LogP contribution < -0.4 is 5.32 Å². The SMILES string of the molecule is c1ccc2nc(Cc3nc(C4CCCNC4)n[nH]3)ccc2c1. The second kappa shape index (κ2) is 5.85. The van der Waals surface area contributed by atoms with Gasteiger partial charge < -0.3 is 5.32 Å². The molecule has 2 aromatic heterocycles. The van der Waals surface area contributed by atoms with Gasteiger partial charge in [-0.2, -0.15) is 5.10 Å². The Morgan fingerprint density at radius 3 is 2.95 bits per heavy atom. The normalized spacial score (nSPS) is 18.6. The Kier molecular flexibility index (Phi) is 3.56. The van der Waals surface area contributed by atoms with Crippen molar-refractivity contribution in [1.29, 1.82) is 0 Å². The highest BCUT2D eigenvalue weighted by Gasteiger charge is 2.19. The van der Waals surface area contributed by atoms with Crippen molar-refractivity contribution in [2.75, 3.05) is 13.1 Å². The highest BCUT2D eigenvalue weighted by Crippen LogP contribution is 2.20. The zero-order chi connectivity index (χ0) is 14.8. The number of hydrogen-bond donors (Lipinski definition) is 2. The van der Waals surface area contributed by atoms with Crippen LogP contribution in [0.2, 0.25) is 0 Å². The van der Waals surface area contributed by atoms with Crippen molar-refractivity contribution in [2.24, 2.45) is 0 Å². The molecular weight excluding hydrogens is 274 g/mol. The lowest BCUT2D eigenvalue weighted by Gasteiger charge is -2.19. The topological polar surface area (TPSA) is 66.5 Å². The fraction of sp³-hybridized carbons (Fsp3) is 0.353. The number of nitrogens with zero attached hydrogens (tertiary/aromatic N) is 3. The van der Waals surface area contributed by atoms with Crippen LogP contribution in [0.1, 0.15) is 36.1 Å². The number of rotatable bonds is 3. The minimum absolute atomic E-state index is 0.434. The smallest absolute Gasteiger partial charge is 0.155 e. The van der Waals surface area contributed by atoms with E-state index in [2.05, 4.69) is 38.7 Å². The Bertz CT molecular complexity index is 773. The lowest BCUT2D eigenvalue weighted by Crippen LogP contribution is -2.28. The quantitative estimate of drug-likeness (QED) is 0.778. The molecule has 2 N–H and O–H groups in total. The number of aromatic nitrogens is 4. The van der Waals surface area contributed by atoms with Gasteiger partial charge >= 0.3 is 0 Å². The van der Waals surface area contributed by atoms with Crippen molar-refractivity contribution in [2.45, 2.75) is 25.2 Å². The van der Waals surface area contributed by atoms with Gasteiger partial charge in [-0.3, -0.25) is 10.1 Å². The van der Waals surface area contributed by atoms with Gasteiger partial charge in [0.05, 0.1) is 5.52 Å². The van der Waals surface area contributed by atoms with E-state index in [0.717, 1.165) is 41.3 Å². The molecule has 1 fully saturated rings. The van der Waals surface area contributed by atoms with Crippen molar-refractivity contribution < 1.29 is 0 Å². The van der Waals surface area contributed by atoms with Crippen LogP contribution in [-0.2, 0) is 6.42 Å². The largest absolute Gasteiger partial charge is 0.316 e. The maximum Gasteiger partial charge on any atom is 0.155 e. The van der Waals surface area contributed by atoms with E-state index in [9.17, 15) is 0 Å². The Balaban J connectivity index is 1.53. The van der Waals surface area contributed by atoms with E-state index in [-0.39, 0.29) is 0 Å². The van der Waals surface area contributed by atoms with Gasteiger partial charge in [-0.15, -0.1) is 0 Å². The van der Waals surface area contributed by atoms with Crippen LogP contribution in [0.4, 0.5) is 0 Å². The summed E-state index contributed by atoms with van der Waals surface area (Å²) in [4.78, 5) is 9.35. The standard InChI is InChI=1S/C17H19N5/c1-2-6-15-12(4-1)7-8-14(19-15)10-16-20-17(22-21-16)13-5-3-9-18-11-13/h1-2,4,6-8,13,18H,3,5,9-11H2,(H,20,21,22). The second-order valence-corrected chi connectivity index (χ2v) is 5.86. The van der Waals surface area contributed by atoms with Crippen molar-refractivity contribution >= 4 is 10.9 Å². The molecule has 22 heavy (non-hydrogen) atoms. The molecule has 1 aliphatic rings. The molecular formula is C17H19N5. The Labute approximate surface area is 129 Å². The molecule has 5 nitrogen and oxygen atoms in total. The first-order chi connectivity index (χ1) is 10.9. The van der Waals surface area contributed by atoms with Gasteiger partial charge in [0.1, 0.15) is 5.82 Å². The van der Waals surface area contributed by atoms with Gasteiger partial charge in [0, 0.05) is 30.0 Å². The monoisotopic (exact) mass is 293 g/mol. The summed E-state index contributed by atoms with van der Waals surface area (Å²) in [6.45, 7) is 2.08. The van der Waals surface area contributed by atoms with Crippen LogP contribution >= 0.6 is 0 Å². The molecule has 3 heterocycles. The molecule has 1 aromatic carbocycles. The molecule has 1 atom stereocenters. The summed E-state index contributed by atoms with van der Waals surface area (Å²) in [5.41, 5.74) is 2.04. The molecule has 0 saturated carbocycles. The van der Waals surface area contributed by atoms with Gasteiger partial charge in [0.15, 0.2) is 5.82 Å². The van der Waals surface area contributed by atoms with E-state index in [4.69, 9.17) is 4.98 Å². The van der Waals surface area contributed by atoms with E-state index in [1.165, 1.54) is 12.8 Å². The zero-order valence-electron chi connectivity index (χ0n) is 12.4. The molecule has 0 bridgehead atoms. The van der Waals surface area contributed by atoms with Crippen LogP contribution in [0.15, 0.2) is 36.4 Å². The van der Waals surface area contributed by atoms with Crippen molar-refractivity contribution in [3.8, 4) is 0 Å². The van der Waals surface area contributed by atoms with E-state index < -0.39 is 0 Å². The number of aromatic amines is 1. The lowest BCUT2D eigenvalue weighted by molar-refractivity contribution is 0.447. The van der Waals surface area contributed by atoms with Gasteiger partial charge in [-0.1, -0.05) is 24.3 Å². The first-order valence-electron chi connectivity index (χ1n) is 7.85. The number of benzene rings is 1. The summed E-state index contributed by atoms with van der Waals surface area (Å²) >= 11 is 0. The van der Waals surface area contributed by atoms with Crippen molar-refractivity contribution in [1.82, 2.24) is 25.5 Å². The molecule has 1 saturated heterocycles. The van der Waals surface area contributed by atoms with Gasteiger partial charge in [0.2, 0.25) is 0 Å². The highest BCUT2D eigenvalue weighted by atomic mass is 15.2. The predicted octanol–water partition coefficient (Wildman–Crippen LogP) is 2.41. The van der Waals surface area contributed by atoms with E-state index in [0.29, 0.717) is 12.3 Å². The molecule has 0 aliphatic carbocycles. The van der Waals surface area contributed by atoms with Crippen LogP contribution in [0.3, 0.4) is 0 Å². The third kappa shape index (κ3) is 2.72. The van der Waals surface area contributed by atoms with Crippen LogP contribution in [0, 0.1) is 0 Å². The third-order valence-corrected chi connectivity index (χ3v) is 4.22. The van der Waals surface area contributed by atoms with Gasteiger partial charge in [0.25, 0.3) is 0 Å². The van der Waals surface area contributed by atoms with Crippen molar-refractivity contribution in [3.63, 3.8) is 0 Å². The minimum Gasteiger partial charge on any atom is -0.316 e. The van der Waals surface area contributed by atoms with Crippen LogP contribution in [0.25, 0.3) is 10.9 Å². The molecule has 4 rings (SSSR count). The number of para-hydroxylation sites is 1. The first kappa shape index (κ1) is 13.4. The summed E-state index contributed by atoms with van der Waals surface area (Å²) in [5, 5.41) is 12.0. The number of nitrogens with one attached hydrogen (secondary N) is 2. The van der Waals surface area contributed by atoms with Crippen LogP contribution in [-0.4, -0.2) is 33.3 Å². The molecule has 3 aromatic rings. The summed E-state index contributed by atoms with van der Waals surface area (Å²) < 4.78 is 0. The fourth-order valence-electron chi connectivity index (χ4n) is 3.02. The first-order valence-corrected chi connectivity index (χ1v) is 7.85. The molecule has 112 valence electrons. The third-order valence-electron chi connectivity index (χ3n) is 4.22. The second-order valence-electron chi connectivity index (χ2n) is 5.86. The molecule has 0 amide bonds. The number of hydrogen-bond acceptors (Lipinski definition) is 4. The van der Waals surface area contributed by atoms with Gasteiger partial charge in [-0.25, -0.2) is 4.98 Å². The summed E-state index contributed by atoms with van der Waals surface area (Å²) in [6.07, 6.45) is 3.05. The van der Waals surface area contributed by atoms with Crippen LogP contribution in [0.5, 0.6) is 0 Å². The maximum atomic E-state index is 4.69. The average Bonchev–Trinajstić information content (AvgIpc) is 3.04. The molecule has 1 unspecified atom stereocenters. The average molecular weight is 293 g/mol. The van der Waals surface area contributed by atoms with E-state index in [1.807, 2.05) is 18.2 Å². The summed E-state index contributed by atoms with van der Waals surface area (Å²) in [7, 11) is 0. The van der Waals surface area contributed by atoms with Crippen molar-refractivity contribution in [3.05, 3.63) is 53.7 Å². The Morgan fingerprint density at radius 2 is 2.05 bits per heavy atom.